The van der Waals surface area contributed by atoms with E-state index in [0.29, 0.717) is 6.61 Å². The van der Waals surface area contributed by atoms with E-state index >= 15 is 0 Å². The Hall–Kier alpha value is -1.51. The topological polar surface area (TPSA) is 21.3 Å². The number of hydrogen-bond acceptors (Lipinski definition) is 2. The minimum absolute atomic E-state index is 0.0974. The zero-order valence-corrected chi connectivity index (χ0v) is 12.2. The molecule has 1 heterocycles. The maximum atomic E-state index is 6.11. The molecule has 3 heteroatoms. The Kier molecular flexibility index (Phi) is 3.95. The summed E-state index contributed by atoms with van der Waals surface area (Å²) in [5.41, 5.74) is 3.57. The number of hydrogen-bond donors (Lipinski definition) is 1. The predicted molar refractivity (Wildman–Crippen MR) is 83.2 cm³/mol. The Balaban J connectivity index is 1.95. The minimum Gasteiger partial charge on any atom is -0.378 e. The van der Waals surface area contributed by atoms with Gasteiger partial charge in [-0.05, 0) is 30.7 Å². The van der Waals surface area contributed by atoms with Crippen molar-refractivity contribution in [1.82, 2.24) is 0 Å². The Morgan fingerprint density at radius 3 is 2.75 bits per heavy atom. The summed E-state index contributed by atoms with van der Waals surface area (Å²) in [6, 6.07) is 16.7. The van der Waals surface area contributed by atoms with Crippen molar-refractivity contribution in [3.8, 4) is 0 Å². The summed E-state index contributed by atoms with van der Waals surface area (Å²) in [4.78, 5) is 0. The molecule has 104 valence electrons. The number of fused-ring (bicyclic) bond motifs is 1. The quantitative estimate of drug-likeness (QED) is 0.860. The fourth-order valence-corrected chi connectivity index (χ4v) is 2.96. The molecule has 3 rings (SSSR count). The van der Waals surface area contributed by atoms with Crippen LogP contribution in [-0.4, -0.2) is 6.61 Å². The first-order valence-corrected chi connectivity index (χ1v) is 7.38. The summed E-state index contributed by atoms with van der Waals surface area (Å²) in [5.74, 6) is 0. The number of benzene rings is 2. The molecular weight excluding hydrogens is 270 g/mol. The van der Waals surface area contributed by atoms with Crippen molar-refractivity contribution in [2.24, 2.45) is 0 Å². The third-order valence-corrected chi connectivity index (χ3v) is 3.94. The first-order valence-electron chi connectivity index (χ1n) is 7.00. The molecule has 2 aromatic rings. The predicted octanol–water partition coefficient (Wildman–Crippen LogP) is 4.97. The molecule has 1 unspecified atom stereocenters. The molecule has 2 nitrogen and oxygen atoms in total. The molecule has 0 spiro atoms. The SMILES string of the molecule is CCO[C@H]1CC(c2ccccc2)Nc2ccc(Cl)cc21. The van der Waals surface area contributed by atoms with E-state index in [-0.39, 0.29) is 12.1 Å². The standard InChI is InChI=1S/C17H18ClNO/c1-2-20-17-11-16(12-6-4-3-5-7-12)19-15-9-8-13(18)10-14(15)17/h3-10,16-17,19H,2,11H2,1H3/t16?,17-/m0/s1. The fraction of sp³-hybridized carbons (Fsp3) is 0.294. The third-order valence-electron chi connectivity index (χ3n) is 3.71. The van der Waals surface area contributed by atoms with Crippen LogP contribution in [0.2, 0.25) is 5.02 Å². The first-order chi connectivity index (χ1) is 9.78. The van der Waals surface area contributed by atoms with Crippen LogP contribution in [0.5, 0.6) is 0 Å². The molecule has 2 aromatic carbocycles. The van der Waals surface area contributed by atoms with Crippen molar-refractivity contribution < 1.29 is 4.74 Å². The molecule has 1 aliphatic rings. The van der Waals surface area contributed by atoms with Gasteiger partial charge in [-0.1, -0.05) is 41.9 Å². The molecule has 0 saturated heterocycles. The summed E-state index contributed by atoms with van der Waals surface area (Å²) in [6.45, 7) is 2.74. The van der Waals surface area contributed by atoms with Crippen molar-refractivity contribution >= 4 is 17.3 Å². The van der Waals surface area contributed by atoms with Crippen LogP contribution in [0.1, 0.15) is 36.6 Å². The van der Waals surface area contributed by atoms with Crippen LogP contribution >= 0.6 is 11.6 Å². The second-order valence-electron chi connectivity index (χ2n) is 5.02. The van der Waals surface area contributed by atoms with E-state index in [1.807, 2.05) is 31.2 Å². The van der Waals surface area contributed by atoms with Gasteiger partial charge in [0.1, 0.15) is 0 Å². The fourth-order valence-electron chi connectivity index (χ4n) is 2.78. The van der Waals surface area contributed by atoms with Crippen LogP contribution in [0.4, 0.5) is 5.69 Å². The van der Waals surface area contributed by atoms with Crippen molar-refractivity contribution in [3.63, 3.8) is 0 Å². The zero-order valence-electron chi connectivity index (χ0n) is 11.5. The van der Waals surface area contributed by atoms with Crippen LogP contribution in [0.15, 0.2) is 48.5 Å². The van der Waals surface area contributed by atoms with Gasteiger partial charge in [0.25, 0.3) is 0 Å². The zero-order chi connectivity index (χ0) is 13.9. The van der Waals surface area contributed by atoms with Gasteiger partial charge in [-0.25, -0.2) is 0 Å². The van der Waals surface area contributed by atoms with E-state index in [1.54, 1.807) is 0 Å². The lowest BCUT2D eigenvalue weighted by Gasteiger charge is -2.33. The molecule has 0 bridgehead atoms. The summed E-state index contributed by atoms with van der Waals surface area (Å²) < 4.78 is 5.92. The molecule has 20 heavy (non-hydrogen) atoms. The lowest BCUT2D eigenvalue weighted by Crippen LogP contribution is -2.23. The average molecular weight is 288 g/mol. The molecule has 1 N–H and O–H groups in total. The van der Waals surface area contributed by atoms with Gasteiger partial charge in [0, 0.05) is 29.3 Å². The van der Waals surface area contributed by atoms with Crippen LogP contribution < -0.4 is 5.32 Å². The highest BCUT2D eigenvalue weighted by Gasteiger charge is 2.27. The number of nitrogens with one attached hydrogen (secondary N) is 1. The molecule has 0 saturated carbocycles. The number of anilines is 1. The molecule has 0 aromatic heterocycles. The van der Waals surface area contributed by atoms with Crippen molar-refractivity contribution in [1.29, 1.82) is 0 Å². The molecule has 0 radical (unpaired) electrons. The highest BCUT2D eigenvalue weighted by atomic mass is 35.5. The maximum absolute atomic E-state index is 6.11. The van der Waals surface area contributed by atoms with E-state index < -0.39 is 0 Å². The van der Waals surface area contributed by atoms with Gasteiger partial charge in [0.2, 0.25) is 0 Å². The molecule has 0 aliphatic carbocycles. The summed E-state index contributed by atoms with van der Waals surface area (Å²) in [7, 11) is 0. The Bertz CT molecular complexity index is 585. The van der Waals surface area contributed by atoms with E-state index in [1.165, 1.54) is 5.56 Å². The summed E-state index contributed by atoms with van der Waals surface area (Å²) in [5, 5.41) is 4.35. The van der Waals surface area contributed by atoms with E-state index in [9.17, 15) is 0 Å². The van der Waals surface area contributed by atoms with E-state index in [4.69, 9.17) is 16.3 Å². The van der Waals surface area contributed by atoms with Crippen LogP contribution in [-0.2, 0) is 4.74 Å². The van der Waals surface area contributed by atoms with Crippen LogP contribution in [0, 0.1) is 0 Å². The van der Waals surface area contributed by atoms with Gasteiger partial charge < -0.3 is 10.1 Å². The molecule has 1 aliphatic heterocycles. The second-order valence-corrected chi connectivity index (χ2v) is 5.46. The molecular formula is C17H18ClNO. The van der Waals surface area contributed by atoms with Gasteiger partial charge in [-0.2, -0.15) is 0 Å². The molecule has 0 amide bonds. The summed E-state index contributed by atoms with van der Waals surface area (Å²) in [6.07, 6.45) is 1.02. The highest BCUT2D eigenvalue weighted by molar-refractivity contribution is 6.30. The van der Waals surface area contributed by atoms with Gasteiger partial charge in [-0.3, -0.25) is 0 Å². The van der Waals surface area contributed by atoms with Gasteiger partial charge in [-0.15, -0.1) is 0 Å². The Morgan fingerprint density at radius 1 is 1.20 bits per heavy atom. The minimum atomic E-state index is 0.0974. The first kappa shape index (κ1) is 13.5. The average Bonchev–Trinajstić information content (AvgIpc) is 2.49. The van der Waals surface area contributed by atoms with E-state index in [2.05, 4.69) is 29.6 Å². The van der Waals surface area contributed by atoms with Gasteiger partial charge >= 0.3 is 0 Å². The summed E-state index contributed by atoms with van der Waals surface area (Å²) >= 11 is 6.11. The number of halogens is 1. The van der Waals surface area contributed by atoms with Crippen LogP contribution in [0.25, 0.3) is 0 Å². The van der Waals surface area contributed by atoms with Gasteiger partial charge in [0.05, 0.1) is 12.1 Å². The Labute approximate surface area is 124 Å². The Morgan fingerprint density at radius 2 is 2.00 bits per heavy atom. The largest absolute Gasteiger partial charge is 0.378 e. The normalized spacial score (nSPS) is 21.1. The van der Waals surface area contributed by atoms with Crippen LogP contribution in [0.3, 0.4) is 0 Å². The number of rotatable bonds is 3. The second kappa shape index (κ2) is 5.86. The monoisotopic (exact) mass is 287 g/mol. The highest BCUT2D eigenvalue weighted by Crippen LogP contribution is 2.41. The smallest absolute Gasteiger partial charge is 0.0868 e. The van der Waals surface area contributed by atoms with Crippen molar-refractivity contribution in [3.05, 3.63) is 64.7 Å². The maximum Gasteiger partial charge on any atom is 0.0868 e. The lowest BCUT2D eigenvalue weighted by molar-refractivity contribution is 0.0499. The molecule has 0 fully saturated rings. The van der Waals surface area contributed by atoms with Crippen molar-refractivity contribution in [2.45, 2.75) is 25.5 Å². The van der Waals surface area contributed by atoms with Crippen molar-refractivity contribution in [2.75, 3.05) is 11.9 Å². The third kappa shape index (κ3) is 2.67. The lowest BCUT2D eigenvalue weighted by atomic mass is 9.91. The number of ether oxygens (including phenoxy) is 1. The van der Waals surface area contributed by atoms with E-state index in [0.717, 1.165) is 22.7 Å². The van der Waals surface area contributed by atoms with Gasteiger partial charge in [0.15, 0.2) is 0 Å². The molecule has 2 atom stereocenters.